The Kier molecular flexibility index (Phi) is 9.34. The fourth-order valence-corrected chi connectivity index (χ4v) is 5.74. The van der Waals surface area contributed by atoms with Crippen LogP contribution < -0.4 is 14.4 Å². The summed E-state index contributed by atoms with van der Waals surface area (Å²) < 4.78 is 35.0. The highest BCUT2D eigenvalue weighted by Crippen LogP contribution is 2.33. The van der Waals surface area contributed by atoms with E-state index in [1.165, 1.54) is 31.2 Å². The molecule has 1 atom stereocenters. The van der Waals surface area contributed by atoms with Gasteiger partial charge in [-0.25, -0.2) is 8.42 Å². The Labute approximate surface area is 226 Å². The van der Waals surface area contributed by atoms with E-state index in [1.54, 1.807) is 43.3 Å². The molecule has 0 saturated heterocycles. The van der Waals surface area contributed by atoms with Crippen LogP contribution in [-0.4, -0.2) is 51.9 Å². The number of rotatable bonds is 10. The van der Waals surface area contributed by atoms with Crippen molar-refractivity contribution < 1.29 is 22.7 Å². The lowest BCUT2D eigenvalue weighted by molar-refractivity contribution is -0.139. The number of likely N-dealkylation sites (N-methyl/N-ethyl adjacent to an activating group) is 1. The number of sulfonamides is 1. The number of anilines is 1. The highest BCUT2D eigenvalue weighted by Gasteiger charge is 2.33. The zero-order chi connectivity index (χ0) is 27.2. The van der Waals surface area contributed by atoms with Crippen LogP contribution in [0.2, 0.25) is 0 Å². The first-order valence-corrected chi connectivity index (χ1v) is 13.8. The summed E-state index contributed by atoms with van der Waals surface area (Å²) in [6.07, 6.45) is 0. The number of amides is 2. The third-order valence-electron chi connectivity index (χ3n) is 5.87. The van der Waals surface area contributed by atoms with E-state index in [1.807, 2.05) is 31.2 Å². The minimum atomic E-state index is -4.17. The number of nitrogens with one attached hydrogen (secondary N) is 1. The molecule has 0 heterocycles. The Hall–Kier alpha value is -3.37. The zero-order valence-electron chi connectivity index (χ0n) is 21.1. The minimum absolute atomic E-state index is 0.0317. The van der Waals surface area contributed by atoms with Crippen LogP contribution in [0, 0.1) is 6.92 Å². The van der Waals surface area contributed by atoms with Crippen molar-refractivity contribution in [1.82, 2.24) is 10.2 Å². The van der Waals surface area contributed by atoms with E-state index < -0.39 is 28.5 Å². The fraction of sp³-hybridized carbons (Fsp3) is 0.259. The van der Waals surface area contributed by atoms with Crippen molar-refractivity contribution in [2.24, 2.45) is 0 Å². The first-order valence-electron chi connectivity index (χ1n) is 11.6. The van der Waals surface area contributed by atoms with Crippen molar-refractivity contribution >= 4 is 43.5 Å². The van der Waals surface area contributed by atoms with Gasteiger partial charge in [0.15, 0.2) is 0 Å². The second kappa shape index (κ2) is 12.2. The van der Waals surface area contributed by atoms with Gasteiger partial charge in [-0.2, -0.15) is 0 Å². The van der Waals surface area contributed by atoms with Crippen LogP contribution >= 0.6 is 15.9 Å². The summed E-state index contributed by atoms with van der Waals surface area (Å²) >= 11 is 3.43. The molecule has 0 spiro atoms. The number of hydrogen-bond donors (Lipinski definition) is 1. The van der Waals surface area contributed by atoms with Crippen LogP contribution in [0.3, 0.4) is 0 Å². The number of methoxy groups -OCH3 is 1. The van der Waals surface area contributed by atoms with Gasteiger partial charge >= 0.3 is 0 Å². The van der Waals surface area contributed by atoms with Crippen molar-refractivity contribution in [3.63, 3.8) is 0 Å². The molecule has 3 aromatic rings. The molecule has 0 aliphatic carbocycles. The van der Waals surface area contributed by atoms with Crippen LogP contribution in [0.5, 0.6) is 5.75 Å². The Balaban J connectivity index is 2.10. The molecule has 0 saturated carbocycles. The molecular formula is C27H30BrN3O5S. The number of carbonyl (C=O) groups is 2. The van der Waals surface area contributed by atoms with Gasteiger partial charge in [-0.1, -0.05) is 52.3 Å². The summed E-state index contributed by atoms with van der Waals surface area (Å²) in [5.74, 6) is -0.608. The minimum Gasteiger partial charge on any atom is -0.495 e. The molecule has 0 fully saturated rings. The molecule has 0 unspecified atom stereocenters. The summed E-state index contributed by atoms with van der Waals surface area (Å²) in [4.78, 5) is 27.8. The molecular weight excluding hydrogens is 558 g/mol. The number of benzene rings is 3. The van der Waals surface area contributed by atoms with Gasteiger partial charge in [0.1, 0.15) is 18.3 Å². The third-order valence-corrected chi connectivity index (χ3v) is 8.14. The zero-order valence-corrected chi connectivity index (χ0v) is 23.5. The Morgan fingerprint density at radius 2 is 1.73 bits per heavy atom. The molecule has 0 aliphatic rings. The molecule has 1 N–H and O–H groups in total. The molecule has 8 nitrogen and oxygen atoms in total. The van der Waals surface area contributed by atoms with Gasteiger partial charge in [0.2, 0.25) is 11.8 Å². The van der Waals surface area contributed by atoms with Crippen molar-refractivity contribution in [3.05, 3.63) is 88.4 Å². The number of ether oxygens (including phenoxy) is 1. The molecule has 3 aromatic carbocycles. The number of nitrogens with zero attached hydrogens (tertiary/aromatic N) is 2. The van der Waals surface area contributed by atoms with E-state index in [2.05, 4.69) is 21.2 Å². The molecule has 0 radical (unpaired) electrons. The number of aryl methyl sites for hydroxylation is 1. The monoisotopic (exact) mass is 587 g/mol. The van der Waals surface area contributed by atoms with Crippen LogP contribution in [0.15, 0.2) is 82.2 Å². The summed E-state index contributed by atoms with van der Waals surface area (Å²) in [7, 11) is -1.23. The highest BCUT2D eigenvalue weighted by molar-refractivity contribution is 9.10. The van der Waals surface area contributed by atoms with Crippen molar-refractivity contribution in [2.75, 3.05) is 25.0 Å². The Bertz CT molecular complexity index is 1370. The van der Waals surface area contributed by atoms with Crippen LogP contribution in [-0.2, 0) is 26.2 Å². The van der Waals surface area contributed by atoms with Gasteiger partial charge in [0.25, 0.3) is 10.0 Å². The van der Waals surface area contributed by atoms with Crippen LogP contribution in [0.25, 0.3) is 0 Å². The van der Waals surface area contributed by atoms with Gasteiger partial charge in [-0.15, -0.1) is 0 Å². The van der Waals surface area contributed by atoms with E-state index in [9.17, 15) is 18.0 Å². The lowest BCUT2D eigenvalue weighted by Gasteiger charge is -2.32. The molecule has 0 aromatic heterocycles. The second-order valence-corrected chi connectivity index (χ2v) is 11.2. The molecule has 196 valence electrons. The maximum Gasteiger partial charge on any atom is 0.264 e. The van der Waals surface area contributed by atoms with Gasteiger partial charge in [-0.3, -0.25) is 13.9 Å². The average Bonchev–Trinajstić information content (AvgIpc) is 2.89. The van der Waals surface area contributed by atoms with E-state index in [4.69, 9.17) is 4.74 Å². The maximum atomic E-state index is 13.8. The summed E-state index contributed by atoms with van der Waals surface area (Å²) in [6.45, 7) is 3.01. The highest BCUT2D eigenvalue weighted by atomic mass is 79.9. The summed E-state index contributed by atoms with van der Waals surface area (Å²) in [5.41, 5.74) is 1.81. The predicted octanol–water partition coefficient (Wildman–Crippen LogP) is 4.12. The fourth-order valence-electron chi connectivity index (χ4n) is 3.85. The lowest BCUT2D eigenvalue weighted by atomic mass is 10.1. The Morgan fingerprint density at radius 1 is 1.03 bits per heavy atom. The van der Waals surface area contributed by atoms with E-state index in [0.717, 1.165) is 19.9 Å². The standard InChI is InChI=1S/C27H30BrN3O5S/c1-19-13-14-25(36-4)24(15-19)31(37(34,35)23-11-6-5-7-12-23)18-26(32)30(20(2)27(33)29-3)17-21-9-8-10-22(28)16-21/h5-16,20H,17-18H2,1-4H3,(H,29,33)/t20-/m0/s1. The smallest absolute Gasteiger partial charge is 0.264 e. The van der Waals surface area contributed by atoms with Crippen LogP contribution in [0.1, 0.15) is 18.1 Å². The first kappa shape index (κ1) is 28.2. The maximum absolute atomic E-state index is 13.8. The van der Waals surface area contributed by atoms with Crippen molar-refractivity contribution in [3.8, 4) is 5.75 Å². The first-order chi connectivity index (χ1) is 17.6. The summed E-state index contributed by atoms with van der Waals surface area (Å²) in [5, 5.41) is 2.57. The molecule has 0 aliphatic heterocycles. The largest absolute Gasteiger partial charge is 0.495 e. The van der Waals surface area contributed by atoms with Crippen LogP contribution in [0.4, 0.5) is 5.69 Å². The van der Waals surface area contributed by atoms with Crippen molar-refractivity contribution in [2.45, 2.75) is 31.3 Å². The lowest BCUT2D eigenvalue weighted by Crippen LogP contribution is -2.50. The van der Waals surface area contributed by atoms with Gasteiger partial charge in [0.05, 0.1) is 17.7 Å². The SMILES string of the molecule is CNC(=O)[C@H](C)N(Cc1cccc(Br)c1)C(=O)CN(c1cc(C)ccc1OC)S(=O)(=O)c1ccccc1. The number of carbonyl (C=O) groups excluding carboxylic acids is 2. The molecule has 0 bridgehead atoms. The van der Waals surface area contributed by atoms with E-state index in [-0.39, 0.29) is 23.0 Å². The number of hydrogen-bond acceptors (Lipinski definition) is 5. The van der Waals surface area contributed by atoms with E-state index in [0.29, 0.717) is 5.75 Å². The van der Waals surface area contributed by atoms with E-state index >= 15 is 0 Å². The molecule has 3 rings (SSSR count). The number of halogens is 1. The Morgan fingerprint density at radius 3 is 2.35 bits per heavy atom. The molecule has 10 heteroatoms. The predicted molar refractivity (Wildman–Crippen MR) is 147 cm³/mol. The molecule has 37 heavy (non-hydrogen) atoms. The van der Waals surface area contributed by atoms with Crippen molar-refractivity contribution in [1.29, 1.82) is 0 Å². The molecule has 2 amide bonds. The average molecular weight is 589 g/mol. The normalized spacial score (nSPS) is 11.9. The topological polar surface area (TPSA) is 96.0 Å². The van der Waals surface area contributed by atoms with Gasteiger partial charge < -0.3 is 15.0 Å². The quantitative estimate of drug-likeness (QED) is 0.385. The van der Waals surface area contributed by atoms with Gasteiger partial charge in [0, 0.05) is 18.1 Å². The third kappa shape index (κ3) is 6.69. The van der Waals surface area contributed by atoms with Gasteiger partial charge in [-0.05, 0) is 61.4 Å². The summed E-state index contributed by atoms with van der Waals surface area (Å²) in [6, 6.07) is 19.5. The second-order valence-electron chi connectivity index (χ2n) is 8.44.